The van der Waals surface area contributed by atoms with E-state index < -0.39 is 0 Å². The maximum Gasteiger partial charge on any atom is 0.293 e. The minimum absolute atomic E-state index is 0.294. The smallest absolute Gasteiger partial charge is 0.293 e. The first-order chi connectivity index (χ1) is 12.6. The second-order valence-corrected chi connectivity index (χ2v) is 6.38. The van der Waals surface area contributed by atoms with Crippen molar-refractivity contribution in [3.63, 3.8) is 0 Å². The lowest BCUT2D eigenvalue weighted by molar-refractivity contribution is -0.135. The molecular formula is C21H27NO4. The van der Waals surface area contributed by atoms with E-state index >= 15 is 0 Å². The van der Waals surface area contributed by atoms with Crippen molar-refractivity contribution in [2.24, 2.45) is 0 Å². The fourth-order valence-electron chi connectivity index (χ4n) is 2.73. The summed E-state index contributed by atoms with van der Waals surface area (Å²) in [4.78, 5) is 12.6. The zero-order chi connectivity index (χ0) is 18.8. The van der Waals surface area contributed by atoms with Gasteiger partial charge in [-0.05, 0) is 56.3 Å². The van der Waals surface area contributed by atoms with Gasteiger partial charge in [-0.15, -0.1) is 0 Å². The predicted octanol–water partition coefficient (Wildman–Crippen LogP) is 2.96. The molecule has 140 valence electrons. The molecule has 0 aliphatic heterocycles. The molecule has 2 aromatic rings. The Labute approximate surface area is 155 Å². The van der Waals surface area contributed by atoms with Crippen molar-refractivity contribution >= 4 is 6.47 Å². The lowest BCUT2D eigenvalue weighted by Crippen LogP contribution is -2.33. The van der Waals surface area contributed by atoms with E-state index in [0.29, 0.717) is 19.6 Å². The fraction of sp³-hybridized carbons (Fsp3) is 0.381. The van der Waals surface area contributed by atoms with Crippen LogP contribution < -0.4 is 9.47 Å². The Morgan fingerprint density at radius 2 is 1.77 bits per heavy atom. The van der Waals surface area contributed by atoms with Gasteiger partial charge in [0, 0.05) is 6.54 Å². The number of para-hydroxylation sites is 1. The molecule has 1 atom stereocenters. The Bertz CT molecular complexity index is 670. The first-order valence-electron chi connectivity index (χ1n) is 8.70. The highest BCUT2D eigenvalue weighted by Crippen LogP contribution is 2.21. The Morgan fingerprint density at radius 3 is 2.42 bits per heavy atom. The highest BCUT2D eigenvalue weighted by molar-refractivity contribution is 5.38. The molecular weight excluding hydrogens is 330 g/mol. The second kappa shape index (κ2) is 10.5. The van der Waals surface area contributed by atoms with Crippen molar-refractivity contribution < 1.29 is 19.0 Å². The molecule has 0 aromatic heterocycles. The second-order valence-electron chi connectivity index (χ2n) is 6.38. The minimum Gasteiger partial charge on any atom is -0.497 e. The fourth-order valence-corrected chi connectivity index (χ4v) is 2.73. The van der Waals surface area contributed by atoms with Crippen LogP contribution in [0.5, 0.6) is 11.5 Å². The van der Waals surface area contributed by atoms with Gasteiger partial charge in [0.15, 0.2) is 0 Å². The van der Waals surface area contributed by atoms with Crippen molar-refractivity contribution in [3.8, 4) is 11.5 Å². The van der Waals surface area contributed by atoms with Crippen LogP contribution in [0.25, 0.3) is 0 Å². The van der Waals surface area contributed by atoms with Gasteiger partial charge >= 0.3 is 0 Å². The van der Waals surface area contributed by atoms with Crippen LogP contribution in [0.1, 0.15) is 11.1 Å². The zero-order valence-corrected chi connectivity index (χ0v) is 15.7. The quantitative estimate of drug-likeness (QED) is 0.579. The van der Waals surface area contributed by atoms with Crippen molar-refractivity contribution in [1.29, 1.82) is 0 Å². The number of hydrogen-bond donors (Lipinski definition) is 0. The van der Waals surface area contributed by atoms with E-state index in [1.807, 2.05) is 49.3 Å². The molecule has 0 fully saturated rings. The number of ether oxygens (including phenoxy) is 3. The maximum absolute atomic E-state index is 10.7. The first-order valence-corrected chi connectivity index (χ1v) is 8.70. The Balaban J connectivity index is 1.96. The molecule has 0 bridgehead atoms. The normalized spacial score (nSPS) is 11.8. The van der Waals surface area contributed by atoms with Crippen molar-refractivity contribution in [2.45, 2.75) is 18.9 Å². The minimum atomic E-state index is -0.294. The summed E-state index contributed by atoms with van der Waals surface area (Å²) in [5, 5.41) is 0. The molecule has 5 heteroatoms. The number of hydrogen-bond acceptors (Lipinski definition) is 5. The number of likely N-dealkylation sites (N-methyl/N-ethyl adjacent to an activating group) is 1. The molecule has 0 aliphatic rings. The van der Waals surface area contributed by atoms with Gasteiger partial charge in [-0.1, -0.05) is 30.3 Å². The topological polar surface area (TPSA) is 48.0 Å². The molecule has 0 aliphatic carbocycles. The first kappa shape index (κ1) is 19.8. The molecule has 2 rings (SSSR count). The number of rotatable bonds is 11. The van der Waals surface area contributed by atoms with E-state index in [0.717, 1.165) is 29.9 Å². The molecule has 0 heterocycles. The third-order valence-corrected chi connectivity index (χ3v) is 4.06. The molecule has 5 nitrogen and oxygen atoms in total. The zero-order valence-electron chi connectivity index (χ0n) is 15.7. The van der Waals surface area contributed by atoms with Crippen LogP contribution in [0.2, 0.25) is 0 Å². The van der Waals surface area contributed by atoms with E-state index in [-0.39, 0.29) is 6.10 Å². The molecule has 0 unspecified atom stereocenters. The number of carbonyl (C=O) groups is 1. The molecule has 0 N–H and O–H groups in total. The van der Waals surface area contributed by atoms with Gasteiger partial charge in [0.25, 0.3) is 6.47 Å². The summed E-state index contributed by atoms with van der Waals surface area (Å²) in [6, 6.07) is 16.1. The van der Waals surface area contributed by atoms with Gasteiger partial charge in [0.1, 0.15) is 24.2 Å². The number of nitrogens with zero attached hydrogens (tertiary/aromatic N) is 1. The van der Waals surface area contributed by atoms with E-state index in [1.165, 1.54) is 5.56 Å². The number of methoxy groups -OCH3 is 1. The Kier molecular flexibility index (Phi) is 7.96. The van der Waals surface area contributed by atoms with Crippen LogP contribution >= 0.6 is 0 Å². The largest absolute Gasteiger partial charge is 0.497 e. The highest BCUT2D eigenvalue weighted by atomic mass is 16.6. The molecule has 0 radical (unpaired) electrons. The number of carbonyl (C=O) groups excluding carboxylic acids is 1. The maximum atomic E-state index is 10.7. The summed E-state index contributed by atoms with van der Waals surface area (Å²) in [6.45, 7) is 1.43. The van der Waals surface area contributed by atoms with E-state index in [9.17, 15) is 4.79 Å². The summed E-state index contributed by atoms with van der Waals surface area (Å²) in [5.41, 5.74) is 2.38. The standard InChI is InChI=1S/C21H27NO4/c1-22(2)14-20(26-16-23)15-25-21-7-5-4-6-18(21)11-8-17-9-12-19(24-3)13-10-17/h4-7,9-10,12-13,16,20H,8,11,14-15H2,1-3H3/t20-/m0/s1. The number of benzene rings is 2. The van der Waals surface area contributed by atoms with Crippen LogP contribution in [0, 0.1) is 0 Å². The molecule has 26 heavy (non-hydrogen) atoms. The lowest BCUT2D eigenvalue weighted by Gasteiger charge is -2.20. The lowest BCUT2D eigenvalue weighted by atomic mass is 10.0. The van der Waals surface area contributed by atoms with E-state index in [4.69, 9.17) is 14.2 Å². The summed E-state index contributed by atoms with van der Waals surface area (Å²) in [6.07, 6.45) is 1.49. The van der Waals surface area contributed by atoms with Crippen molar-refractivity contribution in [1.82, 2.24) is 4.90 Å². The summed E-state index contributed by atoms with van der Waals surface area (Å²) in [5.74, 6) is 1.69. The summed E-state index contributed by atoms with van der Waals surface area (Å²) >= 11 is 0. The van der Waals surface area contributed by atoms with E-state index in [2.05, 4.69) is 18.2 Å². The van der Waals surface area contributed by atoms with Crippen LogP contribution in [-0.2, 0) is 22.4 Å². The molecule has 0 saturated carbocycles. The van der Waals surface area contributed by atoms with Crippen LogP contribution in [0.4, 0.5) is 0 Å². The average molecular weight is 357 g/mol. The van der Waals surface area contributed by atoms with Crippen LogP contribution in [0.15, 0.2) is 48.5 Å². The van der Waals surface area contributed by atoms with Gasteiger partial charge in [-0.2, -0.15) is 0 Å². The third kappa shape index (κ3) is 6.41. The summed E-state index contributed by atoms with van der Waals surface area (Å²) in [7, 11) is 5.54. The molecule has 0 saturated heterocycles. The highest BCUT2D eigenvalue weighted by Gasteiger charge is 2.13. The van der Waals surface area contributed by atoms with Gasteiger partial charge < -0.3 is 19.1 Å². The Hall–Kier alpha value is -2.53. The SMILES string of the molecule is COc1ccc(CCc2ccccc2OC[C@H](CN(C)C)OC=O)cc1. The van der Waals surface area contributed by atoms with E-state index in [1.54, 1.807) is 7.11 Å². The molecule has 2 aromatic carbocycles. The van der Waals surface area contributed by atoms with Crippen LogP contribution in [-0.4, -0.2) is 51.8 Å². The summed E-state index contributed by atoms with van der Waals surface area (Å²) < 4.78 is 16.2. The third-order valence-electron chi connectivity index (χ3n) is 4.06. The van der Waals surface area contributed by atoms with Crippen LogP contribution in [0.3, 0.4) is 0 Å². The van der Waals surface area contributed by atoms with Gasteiger partial charge in [-0.25, -0.2) is 0 Å². The molecule has 0 amide bonds. The van der Waals surface area contributed by atoms with Gasteiger partial charge in [-0.3, -0.25) is 4.79 Å². The van der Waals surface area contributed by atoms with Gasteiger partial charge in [0.2, 0.25) is 0 Å². The van der Waals surface area contributed by atoms with Gasteiger partial charge in [0.05, 0.1) is 7.11 Å². The number of aryl methyl sites for hydroxylation is 2. The Morgan fingerprint density at radius 1 is 1.04 bits per heavy atom. The molecule has 0 spiro atoms. The van der Waals surface area contributed by atoms with Crippen molar-refractivity contribution in [3.05, 3.63) is 59.7 Å². The monoisotopic (exact) mass is 357 g/mol. The average Bonchev–Trinajstić information content (AvgIpc) is 2.65. The van der Waals surface area contributed by atoms with Crippen molar-refractivity contribution in [2.75, 3.05) is 34.4 Å². The predicted molar refractivity (Wildman–Crippen MR) is 102 cm³/mol.